The fraction of sp³-hybridized carbons (Fsp3) is 0.545. The van der Waals surface area contributed by atoms with Crippen molar-refractivity contribution in [3.8, 4) is 0 Å². The highest BCUT2D eigenvalue weighted by Crippen LogP contribution is 2.15. The van der Waals surface area contributed by atoms with E-state index >= 15 is 0 Å². The molecule has 1 heterocycles. The SMILES string of the molecule is COCCCNC(=S)NC(C)c1ccsc1. The summed E-state index contributed by atoms with van der Waals surface area (Å²) in [7, 11) is 1.70. The zero-order chi connectivity index (χ0) is 11.8. The van der Waals surface area contributed by atoms with E-state index in [9.17, 15) is 0 Å². The Kier molecular flexibility index (Phi) is 6.37. The van der Waals surface area contributed by atoms with Crippen LogP contribution in [-0.4, -0.2) is 25.4 Å². The fourth-order valence-electron chi connectivity index (χ4n) is 1.27. The summed E-state index contributed by atoms with van der Waals surface area (Å²) in [5.74, 6) is 0. The van der Waals surface area contributed by atoms with Crippen molar-refractivity contribution in [2.24, 2.45) is 0 Å². The van der Waals surface area contributed by atoms with Crippen molar-refractivity contribution in [1.29, 1.82) is 0 Å². The molecule has 0 aliphatic carbocycles. The first-order chi connectivity index (χ1) is 7.74. The van der Waals surface area contributed by atoms with E-state index in [2.05, 4.69) is 34.4 Å². The van der Waals surface area contributed by atoms with Gasteiger partial charge in [-0.2, -0.15) is 11.3 Å². The van der Waals surface area contributed by atoms with Gasteiger partial charge in [0.1, 0.15) is 0 Å². The lowest BCUT2D eigenvalue weighted by Gasteiger charge is -2.15. The van der Waals surface area contributed by atoms with Crippen LogP contribution >= 0.6 is 23.6 Å². The summed E-state index contributed by atoms with van der Waals surface area (Å²) in [4.78, 5) is 0. The number of ether oxygens (including phenoxy) is 1. The Balaban J connectivity index is 2.19. The zero-order valence-corrected chi connectivity index (χ0v) is 11.3. The number of rotatable bonds is 6. The zero-order valence-electron chi connectivity index (χ0n) is 9.66. The minimum atomic E-state index is 0.258. The van der Waals surface area contributed by atoms with Crippen molar-refractivity contribution in [1.82, 2.24) is 10.6 Å². The number of hydrogen-bond donors (Lipinski definition) is 2. The molecule has 1 atom stereocenters. The van der Waals surface area contributed by atoms with Gasteiger partial charge in [-0.1, -0.05) is 0 Å². The highest BCUT2D eigenvalue weighted by molar-refractivity contribution is 7.80. The number of thiocarbonyl (C=S) groups is 1. The lowest BCUT2D eigenvalue weighted by Crippen LogP contribution is -2.37. The van der Waals surface area contributed by atoms with Gasteiger partial charge < -0.3 is 15.4 Å². The maximum Gasteiger partial charge on any atom is 0.166 e. The molecule has 0 amide bonds. The molecule has 3 nitrogen and oxygen atoms in total. The van der Waals surface area contributed by atoms with E-state index in [1.807, 2.05) is 0 Å². The van der Waals surface area contributed by atoms with Gasteiger partial charge in [0.2, 0.25) is 0 Å². The second-order valence-electron chi connectivity index (χ2n) is 3.52. The summed E-state index contributed by atoms with van der Waals surface area (Å²) in [6.07, 6.45) is 0.963. The van der Waals surface area contributed by atoms with Crippen LogP contribution in [0.4, 0.5) is 0 Å². The van der Waals surface area contributed by atoms with Crippen LogP contribution < -0.4 is 10.6 Å². The summed E-state index contributed by atoms with van der Waals surface area (Å²) in [6, 6.07) is 2.37. The molecule has 0 spiro atoms. The summed E-state index contributed by atoms with van der Waals surface area (Å²) in [5, 5.41) is 11.3. The Morgan fingerprint density at radius 2 is 2.44 bits per heavy atom. The van der Waals surface area contributed by atoms with Gasteiger partial charge in [0, 0.05) is 20.3 Å². The third-order valence-electron chi connectivity index (χ3n) is 2.20. The van der Waals surface area contributed by atoms with Crippen LogP contribution in [-0.2, 0) is 4.74 Å². The third-order valence-corrected chi connectivity index (χ3v) is 3.17. The predicted molar refractivity (Wildman–Crippen MR) is 73.0 cm³/mol. The topological polar surface area (TPSA) is 33.3 Å². The molecule has 16 heavy (non-hydrogen) atoms. The number of nitrogens with one attached hydrogen (secondary N) is 2. The van der Waals surface area contributed by atoms with E-state index in [0.29, 0.717) is 5.11 Å². The second-order valence-corrected chi connectivity index (χ2v) is 4.71. The second kappa shape index (κ2) is 7.60. The molecule has 1 aromatic rings. The number of hydrogen-bond acceptors (Lipinski definition) is 3. The Labute approximate surface area is 106 Å². The number of thiophene rings is 1. The van der Waals surface area contributed by atoms with E-state index in [1.165, 1.54) is 5.56 Å². The van der Waals surface area contributed by atoms with Gasteiger partial charge in [-0.25, -0.2) is 0 Å². The van der Waals surface area contributed by atoms with Crippen molar-refractivity contribution in [2.45, 2.75) is 19.4 Å². The first-order valence-corrected chi connectivity index (χ1v) is 6.64. The molecule has 1 aromatic heterocycles. The smallest absolute Gasteiger partial charge is 0.166 e. The molecule has 0 radical (unpaired) electrons. The van der Waals surface area contributed by atoms with Gasteiger partial charge in [0.25, 0.3) is 0 Å². The summed E-state index contributed by atoms with van der Waals surface area (Å²) in [6.45, 7) is 3.71. The molecule has 0 bridgehead atoms. The van der Waals surface area contributed by atoms with Crippen molar-refractivity contribution in [2.75, 3.05) is 20.3 Å². The normalized spacial score (nSPS) is 12.1. The van der Waals surface area contributed by atoms with Gasteiger partial charge >= 0.3 is 0 Å². The van der Waals surface area contributed by atoms with E-state index in [-0.39, 0.29) is 6.04 Å². The molecule has 1 unspecified atom stereocenters. The first kappa shape index (κ1) is 13.4. The van der Waals surface area contributed by atoms with Crippen LogP contribution in [0.5, 0.6) is 0 Å². The van der Waals surface area contributed by atoms with Crippen LogP contribution in [0.1, 0.15) is 24.9 Å². The maximum absolute atomic E-state index is 5.19. The van der Waals surface area contributed by atoms with Gasteiger partial charge in [-0.05, 0) is 48.0 Å². The molecule has 0 aliphatic heterocycles. The quantitative estimate of drug-likeness (QED) is 0.606. The van der Waals surface area contributed by atoms with Crippen molar-refractivity contribution >= 4 is 28.7 Å². The van der Waals surface area contributed by atoms with E-state index in [0.717, 1.165) is 19.6 Å². The Bertz CT molecular complexity index is 301. The lowest BCUT2D eigenvalue weighted by atomic mass is 10.2. The summed E-state index contributed by atoms with van der Waals surface area (Å²) >= 11 is 6.89. The van der Waals surface area contributed by atoms with E-state index in [1.54, 1.807) is 18.4 Å². The number of methoxy groups -OCH3 is 1. The van der Waals surface area contributed by atoms with Gasteiger partial charge in [0.15, 0.2) is 5.11 Å². The van der Waals surface area contributed by atoms with Crippen LogP contribution in [0.25, 0.3) is 0 Å². The van der Waals surface area contributed by atoms with Crippen LogP contribution in [0, 0.1) is 0 Å². The van der Waals surface area contributed by atoms with E-state index in [4.69, 9.17) is 17.0 Å². The van der Waals surface area contributed by atoms with Crippen LogP contribution in [0.2, 0.25) is 0 Å². The van der Waals surface area contributed by atoms with Crippen molar-refractivity contribution in [3.05, 3.63) is 22.4 Å². The molecule has 0 aliphatic rings. The lowest BCUT2D eigenvalue weighted by molar-refractivity contribution is 0.195. The molecule has 0 saturated carbocycles. The van der Waals surface area contributed by atoms with Crippen molar-refractivity contribution < 1.29 is 4.74 Å². The first-order valence-electron chi connectivity index (χ1n) is 5.29. The molecule has 0 saturated heterocycles. The summed E-state index contributed by atoms with van der Waals surface area (Å²) in [5.41, 5.74) is 1.27. The molecule has 0 aromatic carbocycles. The van der Waals surface area contributed by atoms with Gasteiger partial charge in [-0.3, -0.25) is 0 Å². The highest BCUT2D eigenvalue weighted by atomic mass is 32.1. The molecule has 1 rings (SSSR count). The Hall–Kier alpha value is -0.650. The monoisotopic (exact) mass is 258 g/mol. The standard InChI is InChI=1S/C11H18N2OS2/c1-9(10-4-7-16-8-10)13-11(15)12-5-3-6-14-2/h4,7-9H,3,5-6H2,1-2H3,(H2,12,13,15). The minimum Gasteiger partial charge on any atom is -0.385 e. The third kappa shape index (κ3) is 4.92. The van der Waals surface area contributed by atoms with E-state index < -0.39 is 0 Å². The average molecular weight is 258 g/mol. The van der Waals surface area contributed by atoms with Crippen LogP contribution in [0.15, 0.2) is 16.8 Å². The largest absolute Gasteiger partial charge is 0.385 e. The Morgan fingerprint density at radius 3 is 3.06 bits per heavy atom. The molecule has 90 valence electrons. The molecular formula is C11H18N2OS2. The molecule has 0 fully saturated rings. The Morgan fingerprint density at radius 1 is 1.62 bits per heavy atom. The molecule has 2 N–H and O–H groups in total. The maximum atomic E-state index is 5.19. The average Bonchev–Trinajstić information content (AvgIpc) is 2.77. The van der Waals surface area contributed by atoms with Gasteiger partial charge in [0.05, 0.1) is 6.04 Å². The fourth-order valence-corrected chi connectivity index (χ4v) is 2.30. The molecular weight excluding hydrogens is 240 g/mol. The molecule has 5 heteroatoms. The predicted octanol–water partition coefficient (Wildman–Crippen LogP) is 2.31. The van der Waals surface area contributed by atoms with Crippen LogP contribution in [0.3, 0.4) is 0 Å². The summed E-state index contributed by atoms with van der Waals surface area (Å²) < 4.78 is 4.96. The van der Waals surface area contributed by atoms with Gasteiger partial charge in [-0.15, -0.1) is 0 Å². The highest BCUT2D eigenvalue weighted by Gasteiger charge is 2.06. The van der Waals surface area contributed by atoms with Crippen molar-refractivity contribution in [3.63, 3.8) is 0 Å². The minimum absolute atomic E-state index is 0.258.